The zero-order valence-electron chi connectivity index (χ0n) is 15.4. The van der Waals surface area contributed by atoms with Gasteiger partial charge in [0, 0.05) is 39.3 Å². The Bertz CT molecular complexity index is 512. The molecule has 1 aromatic rings. The smallest absolute Gasteiger partial charge is 0.191 e. The first-order valence-electron chi connectivity index (χ1n) is 9.57. The molecule has 25 heavy (non-hydrogen) atoms. The van der Waals surface area contributed by atoms with Gasteiger partial charge in [-0.2, -0.15) is 0 Å². The highest BCUT2D eigenvalue weighted by Crippen LogP contribution is 2.34. The van der Waals surface area contributed by atoms with Gasteiger partial charge in [-0.3, -0.25) is 9.89 Å². The Labute approximate surface area is 169 Å². The number of nitrogens with one attached hydrogen (secondary N) is 2. The van der Waals surface area contributed by atoms with E-state index >= 15 is 0 Å². The highest BCUT2D eigenvalue weighted by Gasteiger charge is 2.33. The van der Waals surface area contributed by atoms with E-state index in [1.165, 1.54) is 37.8 Å². The third-order valence-electron chi connectivity index (χ3n) is 4.95. The van der Waals surface area contributed by atoms with E-state index in [1.54, 1.807) is 0 Å². The van der Waals surface area contributed by atoms with E-state index in [-0.39, 0.29) is 24.0 Å². The van der Waals surface area contributed by atoms with Crippen LogP contribution in [0.15, 0.2) is 35.3 Å². The second-order valence-corrected chi connectivity index (χ2v) is 7.18. The average molecular weight is 456 g/mol. The average Bonchev–Trinajstić information content (AvgIpc) is 3.50. The molecular formula is C20H33IN4. The van der Waals surface area contributed by atoms with Crippen molar-refractivity contribution >= 4 is 29.9 Å². The molecule has 0 bridgehead atoms. The van der Waals surface area contributed by atoms with Crippen molar-refractivity contribution in [1.29, 1.82) is 0 Å². The van der Waals surface area contributed by atoms with Gasteiger partial charge >= 0.3 is 0 Å². The molecule has 140 valence electrons. The number of hydrogen-bond acceptors (Lipinski definition) is 2. The number of rotatable bonds is 10. The largest absolute Gasteiger partial charge is 0.356 e. The van der Waals surface area contributed by atoms with Crippen LogP contribution in [0.5, 0.6) is 0 Å². The molecule has 0 atom stereocenters. The minimum atomic E-state index is 0. The molecule has 0 amide bonds. The van der Waals surface area contributed by atoms with Crippen LogP contribution in [0, 0.1) is 5.92 Å². The molecule has 3 rings (SSSR count). The Morgan fingerprint density at radius 3 is 2.44 bits per heavy atom. The van der Waals surface area contributed by atoms with E-state index in [0.29, 0.717) is 0 Å². The molecule has 2 saturated carbocycles. The van der Waals surface area contributed by atoms with Gasteiger partial charge in [0.15, 0.2) is 5.96 Å². The number of guanidine groups is 1. The van der Waals surface area contributed by atoms with E-state index in [2.05, 4.69) is 50.9 Å². The van der Waals surface area contributed by atoms with Crippen molar-refractivity contribution < 1.29 is 0 Å². The lowest BCUT2D eigenvalue weighted by Crippen LogP contribution is -2.42. The summed E-state index contributed by atoms with van der Waals surface area (Å²) in [5.74, 6) is 1.92. The van der Waals surface area contributed by atoms with Crippen molar-refractivity contribution in [2.75, 3.05) is 33.2 Å². The number of aliphatic imine (C=N–C) groups is 1. The van der Waals surface area contributed by atoms with Gasteiger partial charge in [0.1, 0.15) is 0 Å². The number of benzene rings is 1. The fourth-order valence-electron chi connectivity index (χ4n) is 3.18. The standard InChI is InChI=1S/C20H32N4.HI/c1-21-20(22-13-5-8-17-6-3-2-4-7-17)23-14-15-24(19-11-12-19)16-18-9-10-18;/h2-4,6-7,18-19H,5,8-16H2,1H3,(H2,21,22,23);1H. The third-order valence-corrected chi connectivity index (χ3v) is 4.95. The molecule has 5 heteroatoms. The first kappa shape index (κ1) is 20.5. The van der Waals surface area contributed by atoms with E-state index in [4.69, 9.17) is 0 Å². The zero-order chi connectivity index (χ0) is 16.6. The molecule has 1 aromatic carbocycles. The van der Waals surface area contributed by atoms with E-state index in [0.717, 1.165) is 50.4 Å². The van der Waals surface area contributed by atoms with Crippen molar-refractivity contribution in [3.63, 3.8) is 0 Å². The van der Waals surface area contributed by atoms with Crippen LogP contribution in [0.4, 0.5) is 0 Å². The van der Waals surface area contributed by atoms with Crippen LogP contribution in [-0.2, 0) is 6.42 Å². The van der Waals surface area contributed by atoms with Crippen molar-refractivity contribution in [3.05, 3.63) is 35.9 Å². The topological polar surface area (TPSA) is 39.7 Å². The molecule has 4 nitrogen and oxygen atoms in total. The highest BCUT2D eigenvalue weighted by atomic mass is 127. The molecule has 0 radical (unpaired) electrons. The van der Waals surface area contributed by atoms with Crippen molar-refractivity contribution in [2.45, 2.75) is 44.6 Å². The van der Waals surface area contributed by atoms with Crippen LogP contribution in [0.2, 0.25) is 0 Å². The quantitative estimate of drug-likeness (QED) is 0.246. The fraction of sp³-hybridized carbons (Fsp3) is 0.650. The lowest BCUT2D eigenvalue weighted by molar-refractivity contribution is 0.256. The first-order valence-corrected chi connectivity index (χ1v) is 9.57. The monoisotopic (exact) mass is 456 g/mol. The van der Waals surface area contributed by atoms with Gasteiger partial charge in [-0.1, -0.05) is 30.3 Å². The molecular weight excluding hydrogens is 423 g/mol. The number of nitrogens with zero attached hydrogens (tertiary/aromatic N) is 2. The SMILES string of the molecule is CN=C(NCCCc1ccccc1)NCCN(CC1CC1)C1CC1.I. The van der Waals surface area contributed by atoms with E-state index in [9.17, 15) is 0 Å². The lowest BCUT2D eigenvalue weighted by atomic mass is 10.1. The second-order valence-electron chi connectivity index (χ2n) is 7.18. The van der Waals surface area contributed by atoms with E-state index in [1.807, 2.05) is 7.05 Å². The van der Waals surface area contributed by atoms with Crippen LogP contribution >= 0.6 is 24.0 Å². The number of hydrogen-bond donors (Lipinski definition) is 2. The third kappa shape index (κ3) is 7.94. The zero-order valence-corrected chi connectivity index (χ0v) is 17.7. The summed E-state index contributed by atoms with van der Waals surface area (Å²) >= 11 is 0. The summed E-state index contributed by atoms with van der Waals surface area (Å²) in [6.07, 6.45) is 7.93. The van der Waals surface area contributed by atoms with Crippen LogP contribution < -0.4 is 10.6 Å². The van der Waals surface area contributed by atoms with E-state index < -0.39 is 0 Å². The van der Waals surface area contributed by atoms with Crippen molar-refractivity contribution in [3.8, 4) is 0 Å². The maximum Gasteiger partial charge on any atom is 0.191 e. The predicted octanol–water partition coefficient (Wildman–Crippen LogP) is 3.28. The molecule has 0 unspecified atom stereocenters. The van der Waals surface area contributed by atoms with Crippen LogP contribution in [0.25, 0.3) is 0 Å². The van der Waals surface area contributed by atoms with Gasteiger partial charge in [-0.25, -0.2) is 0 Å². The maximum atomic E-state index is 4.34. The van der Waals surface area contributed by atoms with Gasteiger partial charge in [0.25, 0.3) is 0 Å². The van der Waals surface area contributed by atoms with Gasteiger partial charge < -0.3 is 10.6 Å². The van der Waals surface area contributed by atoms with Crippen molar-refractivity contribution in [2.24, 2.45) is 10.9 Å². The summed E-state index contributed by atoms with van der Waals surface area (Å²) in [4.78, 5) is 7.03. The molecule has 0 heterocycles. The number of halogens is 1. The predicted molar refractivity (Wildman–Crippen MR) is 117 cm³/mol. The summed E-state index contributed by atoms with van der Waals surface area (Å²) in [6.45, 7) is 4.41. The maximum absolute atomic E-state index is 4.34. The molecule has 0 aliphatic heterocycles. The Balaban J connectivity index is 0.00000225. The molecule has 0 spiro atoms. The van der Waals surface area contributed by atoms with Gasteiger partial charge in [-0.05, 0) is 50.0 Å². The summed E-state index contributed by atoms with van der Waals surface area (Å²) in [7, 11) is 1.86. The van der Waals surface area contributed by atoms with Gasteiger partial charge in [-0.15, -0.1) is 24.0 Å². The summed E-state index contributed by atoms with van der Waals surface area (Å²) in [5, 5.41) is 6.90. The normalized spacial score (nSPS) is 17.3. The summed E-state index contributed by atoms with van der Waals surface area (Å²) in [5.41, 5.74) is 1.40. The van der Waals surface area contributed by atoms with Gasteiger partial charge in [0.2, 0.25) is 0 Å². The van der Waals surface area contributed by atoms with Gasteiger partial charge in [0.05, 0.1) is 0 Å². The van der Waals surface area contributed by atoms with Crippen LogP contribution in [-0.4, -0.2) is 50.1 Å². The molecule has 2 aliphatic carbocycles. The van der Waals surface area contributed by atoms with Crippen LogP contribution in [0.1, 0.15) is 37.7 Å². The Kier molecular flexibility index (Phi) is 9.03. The van der Waals surface area contributed by atoms with Crippen LogP contribution in [0.3, 0.4) is 0 Å². The summed E-state index contributed by atoms with van der Waals surface area (Å²) < 4.78 is 0. The lowest BCUT2D eigenvalue weighted by Gasteiger charge is -2.22. The first-order chi connectivity index (χ1) is 11.8. The molecule has 2 N–H and O–H groups in total. The minimum absolute atomic E-state index is 0. The minimum Gasteiger partial charge on any atom is -0.356 e. The Morgan fingerprint density at radius 2 is 1.80 bits per heavy atom. The Hall–Kier alpha value is -0.820. The molecule has 0 aromatic heterocycles. The number of aryl methyl sites for hydroxylation is 1. The highest BCUT2D eigenvalue weighted by molar-refractivity contribution is 14.0. The summed E-state index contributed by atoms with van der Waals surface area (Å²) in [6, 6.07) is 11.5. The molecule has 0 saturated heterocycles. The molecule has 2 aliphatic rings. The molecule has 2 fully saturated rings. The van der Waals surface area contributed by atoms with Crippen molar-refractivity contribution in [1.82, 2.24) is 15.5 Å². The second kappa shape index (κ2) is 11.0. The Morgan fingerprint density at radius 1 is 1.08 bits per heavy atom. The fourth-order valence-corrected chi connectivity index (χ4v) is 3.18.